The second kappa shape index (κ2) is 9.43. The summed E-state index contributed by atoms with van der Waals surface area (Å²) in [4.78, 5) is 25.6. The Bertz CT molecular complexity index is 1250. The smallest absolute Gasteiger partial charge is 0.257 e. The molecule has 2 N–H and O–H groups in total. The molecule has 0 aromatic heterocycles. The van der Waals surface area contributed by atoms with E-state index < -0.39 is 33.8 Å². The van der Waals surface area contributed by atoms with Crippen molar-refractivity contribution in [2.24, 2.45) is 5.92 Å². The molecule has 1 fully saturated rings. The van der Waals surface area contributed by atoms with Gasteiger partial charge in [-0.2, -0.15) is 0 Å². The second-order valence-corrected chi connectivity index (χ2v) is 10.6. The number of anilines is 2. The largest absolute Gasteiger partial charge is 0.326 e. The highest BCUT2D eigenvalue weighted by Crippen LogP contribution is 2.65. The Morgan fingerprint density at radius 1 is 0.879 bits per heavy atom. The quantitative estimate of drug-likeness (QED) is 0.300. The van der Waals surface area contributed by atoms with Gasteiger partial charge < -0.3 is 10.6 Å². The Morgan fingerprint density at radius 2 is 1.52 bits per heavy atom. The summed E-state index contributed by atoms with van der Waals surface area (Å²) in [5.41, 5.74) is 1.65. The van der Waals surface area contributed by atoms with E-state index in [0.717, 1.165) is 5.56 Å². The molecule has 0 saturated heterocycles. The van der Waals surface area contributed by atoms with Gasteiger partial charge in [-0.1, -0.05) is 29.3 Å². The highest BCUT2D eigenvalue weighted by Gasteiger charge is 2.67. The van der Waals surface area contributed by atoms with Crippen LogP contribution < -0.4 is 10.6 Å². The minimum atomic E-state index is -1.29. The molecule has 0 spiro atoms. The summed E-state index contributed by atoms with van der Waals surface area (Å²) < 4.78 is 12.5. The molecule has 0 radical (unpaired) electrons. The number of carbonyl (C=O) groups excluding carboxylic acids is 2. The summed E-state index contributed by atoms with van der Waals surface area (Å²) >= 11 is 28.4. The average Bonchev–Trinajstić information content (AvgIpc) is 3.35. The van der Waals surface area contributed by atoms with E-state index in [1.54, 1.807) is 24.3 Å². The molecule has 0 heterocycles. The van der Waals surface area contributed by atoms with Crippen LogP contribution in [0.4, 0.5) is 15.8 Å². The summed E-state index contributed by atoms with van der Waals surface area (Å²) in [6.07, 6.45) is 0. The molecule has 1 aliphatic rings. The van der Waals surface area contributed by atoms with Crippen LogP contribution in [0.3, 0.4) is 0 Å². The number of nitrogens with one attached hydrogen (secondary N) is 2. The summed E-state index contributed by atoms with van der Waals surface area (Å²) in [6.45, 7) is 0. The van der Waals surface area contributed by atoms with Crippen molar-refractivity contribution in [3.05, 3.63) is 92.1 Å². The van der Waals surface area contributed by atoms with Gasteiger partial charge in [-0.25, -0.2) is 4.39 Å². The van der Waals surface area contributed by atoms with Crippen molar-refractivity contribution >= 4 is 85.5 Å². The highest BCUT2D eigenvalue weighted by atomic mass is 79.9. The van der Waals surface area contributed by atoms with Crippen LogP contribution in [0.5, 0.6) is 0 Å². The SMILES string of the molecule is O=C(Nc1ccc(F)cc1)c1cc(NC(=O)[C@H]2[C@H](c3ccc(Cl)c(Br)c3)C2(Cl)Cl)ccc1Cl. The molecule has 4 rings (SSSR count). The summed E-state index contributed by atoms with van der Waals surface area (Å²) in [6, 6.07) is 15.0. The molecule has 3 aromatic carbocycles. The number of hydrogen-bond acceptors (Lipinski definition) is 2. The fourth-order valence-corrected chi connectivity index (χ4v) is 5.05. The molecule has 1 saturated carbocycles. The molecule has 1 aliphatic carbocycles. The molecule has 2 atom stereocenters. The number of halogens is 6. The van der Waals surface area contributed by atoms with Crippen molar-refractivity contribution in [1.29, 1.82) is 0 Å². The predicted octanol–water partition coefficient (Wildman–Crippen LogP) is 7.67. The van der Waals surface area contributed by atoms with Crippen molar-refractivity contribution in [2.75, 3.05) is 10.6 Å². The molecular formula is C23H14BrCl4FN2O2. The van der Waals surface area contributed by atoms with Gasteiger partial charge in [0.05, 0.1) is 21.5 Å². The van der Waals surface area contributed by atoms with Crippen LogP contribution in [0.2, 0.25) is 10.0 Å². The van der Waals surface area contributed by atoms with Crippen molar-refractivity contribution in [1.82, 2.24) is 0 Å². The third kappa shape index (κ3) is 5.15. The first-order valence-electron chi connectivity index (χ1n) is 9.58. The van der Waals surface area contributed by atoms with Crippen LogP contribution in [0.1, 0.15) is 21.8 Å². The number of rotatable bonds is 5. The lowest BCUT2D eigenvalue weighted by atomic mass is 10.1. The van der Waals surface area contributed by atoms with Gasteiger partial charge in [0.25, 0.3) is 5.91 Å². The van der Waals surface area contributed by atoms with E-state index in [9.17, 15) is 14.0 Å². The number of amides is 2. The lowest BCUT2D eigenvalue weighted by Crippen LogP contribution is -2.18. The second-order valence-electron chi connectivity index (χ2n) is 7.45. The van der Waals surface area contributed by atoms with Crippen LogP contribution in [0, 0.1) is 11.7 Å². The van der Waals surface area contributed by atoms with Crippen molar-refractivity contribution in [3.63, 3.8) is 0 Å². The van der Waals surface area contributed by atoms with E-state index in [0.29, 0.717) is 20.9 Å². The van der Waals surface area contributed by atoms with Crippen molar-refractivity contribution in [3.8, 4) is 0 Å². The molecule has 3 aromatic rings. The van der Waals surface area contributed by atoms with E-state index in [1.165, 1.54) is 36.4 Å². The normalized spacial score (nSPS) is 18.5. The maximum absolute atomic E-state index is 13.1. The van der Waals surface area contributed by atoms with Crippen LogP contribution in [-0.2, 0) is 4.79 Å². The van der Waals surface area contributed by atoms with Crippen LogP contribution in [0.15, 0.2) is 65.1 Å². The summed E-state index contributed by atoms with van der Waals surface area (Å²) in [7, 11) is 0. The first kappa shape index (κ1) is 24.3. The maximum atomic E-state index is 13.1. The third-order valence-electron chi connectivity index (χ3n) is 5.22. The third-order valence-corrected chi connectivity index (χ3v) is 7.70. The van der Waals surface area contributed by atoms with Gasteiger partial charge in [0.2, 0.25) is 5.91 Å². The van der Waals surface area contributed by atoms with Gasteiger partial charge in [0.1, 0.15) is 10.2 Å². The molecule has 0 unspecified atom stereocenters. The van der Waals surface area contributed by atoms with Gasteiger partial charge in [-0.05, 0) is 76.1 Å². The van der Waals surface area contributed by atoms with Gasteiger partial charge in [-0.3, -0.25) is 9.59 Å². The van der Waals surface area contributed by atoms with Gasteiger partial charge >= 0.3 is 0 Å². The Hall–Kier alpha value is -1.83. The lowest BCUT2D eigenvalue weighted by Gasteiger charge is -2.10. The average molecular weight is 591 g/mol. The van der Waals surface area contributed by atoms with Gasteiger partial charge in [-0.15, -0.1) is 23.2 Å². The Morgan fingerprint density at radius 3 is 2.18 bits per heavy atom. The van der Waals surface area contributed by atoms with E-state index in [1.807, 2.05) is 0 Å². The van der Waals surface area contributed by atoms with E-state index in [-0.39, 0.29) is 10.6 Å². The Kier molecular flexibility index (Phi) is 6.95. The molecule has 170 valence electrons. The summed E-state index contributed by atoms with van der Waals surface area (Å²) in [5.74, 6) is -2.47. The first-order valence-corrected chi connectivity index (χ1v) is 11.9. The maximum Gasteiger partial charge on any atom is 0.257 e. The Balaban J connectivity index is 1.50. The standard InChI is InChI=1S/C23H14BrCl4FN2O2/c24-16-9-11(1-7-18(16)26)19-20(23(19,27)28)22(33)31-14-6-8-17(25)15(10-14)21(32)30-13-4-2-12(29)3-5-13/h1-10,19-20H,(H,30,32)(H,31,33)/t19-,20+/m0/s1. The van der Waals surface area contributed by atoms with Gasteiger partial charge in [0.15, 0.2) is 0 Å². The van der Waals surface area contributed by atoms with Crippen LogP contribution in [0.25, 0.3) is 0 Å². The number of alkyl halides is 2. The summed E-state index contributed by atoms with van der Waals surface area (Å²) in [5, 5.41) is 6.10. The van der Waals surface area contributed by atoms with E-state index in [2.05, 4.69) is 26.6 Å². The van der Waals surface area contributed by atoms with Crippen molar-refractivity contribution in [2.45, 2.75) is 10.3 Å². The highest BCUT2D eigenvalue weighted by molar-refractivity contribution is 9.10. The molecule has 4 nitrogen and oxygen atoms in total. The monoisotopic (exact) mass is 588 g/mol. The fourth-order valence-electron chi connectivity index (χ4n) is 3.50. The molecular weight excluding hydrogens is 577 g/mol. The first-order chi connectivity index (χ1) is 15.6. The van der Waals surface area contributed by atoms with E-state index in [4.69, 9.17) is 46.4 Å². The molecule has 10 heteroatoms. The number of carbonyl (C=O) groups is 2. The number of hydrogen-bond donors (Lipinski definition) is 2. The molecule has 33 heavy (non-hydrogen) atoms. The van der Waals surface area contributed by atoms with Crippen molar-refractivity contribution < 1.29 is 14.0 Å². The molecule has 0 aliphatic heterocycles. The van der Waals surface area contributed by atoms with Gasteiger partial charge in [0, 0.05) is 21.8 Å². The lowest BCUT2D eigenvalue weighted by molar-refractivity contribution is -0.117. The van der Waals surface area contributed by atoms with Crippen LogP contribution in [-0.4, -0.2) is 16.1 Å². The predicted molar refractivity (Wildman–Crippen MR) is 134 cm³/mol. The zero-order chi connectivity index (χ0) is 23.9. The zero-order valence-corrected chi connectivity index (χ0v) is 21.1. The van der Waals surface area contributed by atoms with Crippen LogP contribution >= 0.6 is 62.3 Å². The number of benzene rings is 3. The van der Waals surface area contributed by atoms with E-state index >= 15 is 0 Å². The molecule has 0 bridgehead atoms. The zero-order valence-electron chi connectivity index (χ0n) is 16.5. The Labute approximate surface area is 217 Å². The minimum absolute atomic E-state index is 0.135. The topological polar surface area (TPSA) is 58.2 Å². The fraction of sp³-hybridized carbons (Fsp3) is 0.130. The molecule has 2 amide bonds. The minimum Gasteiger partial charge on any atom is -0.326 e.